The monoisotopic (exact) mass is 317 g/mol. The largest absolute Gasteiger partial charge is 0.370 e. The Morgan fingerprint density at radius 1 is 1.36 bits per heavy atom. The van der Waals surface area contributed by atoms with Crippen molar-refractivity contribution in [2.24, 2.45) is 0 Å². The van der Waals surface area contributed by atoms with Crippen molar-refractivity contribution < 1.29 is 0 Å². The van der Waals surface area contributed by atoms with Gasteiger partial charge in [0, 0.05) is 24.3 Å². The minimum absolute atomic E-state index is 0.289. The van der Waals surface area contributed by atoms with Crippen LogP contribution in [0.25, 0.3) is 0 Å². The lowest BCUT2D eigenvalue weighted by molar-refractivity contribution is 0.690. The van der Waals surface area contributed by atoms with E-state index in [1.165, 1.54) is 18.3 Å². The van der Waals surface area contributed by atoms with Crippen molar-refractivity contribution in [1.29, 1.82) is 0 Å². The second-order valence-corrected chi connectivity index (χ2v) is 6.04. The molecule has 0 bridgehead atoms. The zero-order valence-electron chi connectivity index (χ0n) is 12.6. The normalized spacial score (nSPS) is 14.8. The highest BCUT2D eigenvalue weighted by Gasteiger charge is 2.11. The van der Waals surface area contributed by atoms with Crippen LogP contribution in [0.5, 0.6) is 0 Å². The second-order valence-electron chi connectivity index (χ2n) is 5.65. The first-order chi connectivity index (χ1) is 10.7. The number of aromatic nitrogens is 3. The maximum absolute atomic E-state index is 5.86. The fourth-order valence-electron chi connectivity index (χ4n) is 2.61. The molecule has 3 heterocycles. The Balaban J connectivity index is 1.55. The van der Waals surface area contributed by atoms with Crippen LogP contribution in [-0.4, -0.2) is 27.5 Å². The van der Waals surface area contributed by atoms with Gasteiger partial charge in [0.25, 0.3) is 0 Å². The van der Waals surface area contributed by atoms with E-state index in [1.54, 1.807) is 6.07 Å². The van der Waals surface area contributed by atoms with Gasteiger partial charge in [-0.25, -0.2) is 15.0 Å². The molecule has 3 rings (SSSR count). The van der Waals surface area contributed by atoms with Gasteiger partial charge in [0.1, 0.15) is 23.1 Å². The molecule has 1 aliphatic heterocycles. The molecular formula is C16H20ClN5. The highest BCUT2D eigenvalue weighted by Crippen LogP contribution is 2.20. The third-order valence-corrected chi connectivity index (χ3v) is 4.02. The molecule has 1 aliphatic rings. The van der Waals surface area contributed by atoms with Crippen LogP contribution < -0.4 is 10.6 Å². The Labute approximate surface area is 135 Å². The van der Waals surface area contributed by atoms with Crippen molar-refractivity contribution in [3.8, 4) is 0 Å². The third kappa shape index (κ3) is 3.85. The van der Waals surface area contributed by atoms with Crippen LogP contribution in [-0.2, 0) is 12.8 Å². The highest BCUT2D eigenvalue weighted by atomic mass is 35.5. The lowest BCUT2D eigenvalue weighted by Crippen LogP contribution is -2.18. The van der Waals surface area contributed by atoms with E-state index in [2.05, 4.69) is 39.7 Å². The molecule has 22 heavy (non-hydrogen) atoms. The average Bonchev–Trinajstić information content (AvgIpc) is 2.53. The van der Waals surface area contributed by atoms with Crippen LogP contribution in [0.15, 0.2) is 24.5 Å². The van der Waals surface area contributed by atoms with Crippen molar-refractivity contribution in [3.63, 3.8) is 0 Å². The molecule has 0 unspecified atom stereocenters. The Hall–Kier alpha value is -1.88. The average molecular weight is 318 g/mol. The number of pyridine rings is 1. The van der Waals surface area contributed by atoms with E-state index in [9.17, 15) is 0 Å². The summed E-state index contributed by atoms with van der Waals surface area (Å²) >= 11 is 5.86. The topological polar surface area (TPSA) is 62.7 Å². The van der Waals surface area contributed by atoms with E-state index in [1.807, 2.05) is 0 Å². The summed E-state index contributed by atoms with van der Waals surface area (Å²) in [7, 11) is 0. The fourth-order valence-corrected chi connectivity index (χ4v) is 2.76. The first kappa shape index (κ1) is 15.0. The zero-order chi connectivity index (χ0) is 15.4. The van der Waals surface area contributed by atoms with Gasteiger partial charge in [-0.05, 0) is 44.2 Å². The molecule has 116 valence electrons. The summed E-state index contributed by atoms with van der Waals surface area (Å²) in [5, 5.41) is 7.17. The first-order valence-corrected chi connectivity index (χ1v) is 8.05. The van der Waals surface area contributed by atoms with Gasteiger partial charge in [0.15, 0.2) is 0 Å². The van der Waals surface area contributed by atoms with Crippen molar-refractivity contribution in [1.82, 2.24) is 15.0 Å². The molecule has 2 N–H and O–H groups in total. The van der Waals surface area contributed by atoms with E-state index in [0.717, 1.165) is 43.1 Å². The van der Waals surface area contributed by atoms with Gasteiger partial charge in [-0.15, -0.1) is 0 Å². The van der Waals surface area contributed by atoms with Crippen LogP contribution in [0.1, 0.15) is 31.0 Å². The van der Waals surface area contributed by atoms with Crippen LogP contribution in [0, 0.1) is 0 Å². The van der Waals surface area contributed by atoms with Crippen LogP contribution in [0.3, 0.4) is 0 Å². The maximum atomic E-state index is 5.86. The van der Waals surface area contributed by atoms with E-state index < -0.39 is 0 Å². The molecule has 1 atom stereocenters. The number of fused-ring (bicyclic) bond motifs is 1. The third-order valence-electron chi connectivity index (χ3n) is 3.81. The van der Waals surface area contributed by atoms with Crippen molar-refractivity contribution >= 4 is 23.2 Å². The van der Waals surface area contributed by atoms with Gasteiger partial charge in [-0.2, -0.15) is 0 Å². The number of nitrogens with one attached hydrogen (secondary N) is 2. The Bertz CT molecular complexity index is 646. The van der Waals surface area contributed by atoms with Crippen LogP contribution in [0.2, 0.25) is 5.15 Å². The standard InChI is InChI=1S/C16H20ClN5/c1-11(21-15-9-14(17)19-10-20-15)4-6-13-7-5-12-3-2-8-18-16(12)22-13/h5,7,9-11H,2-4,6,8H2,1H3,(H,18,22)(H,19,20,21)/t11-/m0/s1. The number of nitrogens with zero attached hydrogens (tertiary/aromatic N) is 3. The summed E-state index contributed by atoms with van der Waals surface area (Å²) in [6.45, 7) is 3.16. The minimum Gasteiger partial charge on any atom is -0.370 e. The molecule has 0 amide bonds. The van der Waals surface area contributed by atoms with E-state index >= 15 is 0 Å². The molecule has 0 spiro atoms. The second kappa shape index (κ2) is 6.92. The first-order valence-electron chi connectivity index (χ1n) is 7.67. The summed E-state index contributed by atoms with van der Waals surface area (Å²) < 4.78 is 0. The lowest BCUT2D eigenvalue weighted by atomic mass is 10.1. The number of aryl methyl sites for hydroxylation is 2. The zero-order valence-corrected chi connectivity index (χ0v) is 13.4. The number of hydrogen-bond acceptors (Lipinski definition) is 5. The quantitative estimate of drug-likeness (QED) is 0.828. The minimum atomic E-state index is 0.289. The van der Waals surface area contributed by atoms with E-state index in [-0.39, 0.29) is 6.04 Å². The smallest absolute Gasteiger partial charge is 0.134 e. The molecule has 0 radical (unpaired) electrons. The molecular weight excluding hydrogens is 298 g/mol. The molecule has 0 aliphatic carbocycles. The van der Waals surface area contributed by atoms with Crippen LogP contribution >= 0.6 is 11.6 Å². The lowest BCUT2D eigenvalue weighted by Gasteiger charge is -2.18. The summed E-state index contributed by atoms with van der Waals surface area (Å²) in [5.41, 5.74) is 2.46. The van der Waals surface area contributed by atoms with Crippen molar-refractivity contribution in [3.05, 3.63) is 40.9 Å². The summed E-state index contributed by atoms with van der Waals surface area (Å²) in [6.07, 6.45) is 5.70. The molecule has 0 saturated heterocycles. The Kier molecular flexibility index (Phi) is 4.73. The molecule has 0 aromatic carbocycles. The van der Waals surface area contributed by atoms with Gasteiger partial charge < -0.3 is 10.6 Å². The van der Waals surface area contributed by atoms with Gasteiger partial charge in [-0.1, -0.05) is 17.7 Å². The van der Waals surface area contributed by atoms with Gasteiger partial charge in [0.05, 0.1) is 0 Å². The summed E-state index contributed by atoms with van der Waals surface area (Å²) in [4.78, 5) is 12.8. The summed E-state index contributed by atoms with van der Waals surface area (Å²) in [5.74, 6) is 1.82. The molecule has 2 aromatic rings. The SMILES string of the molecule is C[C@@H](CCc1ccc2c(n1)NCCC2)Nc1cc(Cl)ncn1. The van der Waals surface area contributed by atoms with Crippen molar-refractivity contribution in [2.75, 3.05) is 17.2 Å². The summed E-state index contributed by atoms with van der Waals surface area (Å²) in [6, 6.07) is 6.36. The Morgan fingerprint density at radius 2 is 2.27 bits per heavy atom. The van der Waals surface area contributed by atoms with Crippen molar-refractivity contribution in [2.45, 2.75) is 38.6 Å². The number of rotatable bonds is 5. The molecule has 2 aromatic heterocycles. The van der Waals surface area contributed by atoms with Gasteiger partial charge >= 0.3 is 0 Å². The van der Waals surface area contributed by atoms with Gasteiger partial charge in [-0.3, -0.25) is 0 Å². The predicted octanol–water partition coefficient (Wildman–Crippen LogP) is 3.32. The number of anilines is 2. The van der Waals surface area contributed by atoms with Crippen LogP contribution in [0.4, 0.5) is 11.6 Å². The fraction of sp³-hybridized carbons (Fsp3) is 0.438. The predicted molar refractivity (Wildman–Crippen MR) is 89.5 cm³/mol. The maximum Gasteiger partial charge on any atom is 0.134 e. The molecule has 6 heteroatoms. The molecule has 5 nitrogen and oxygen atoms in total. The number of hydrogen-bond donors (Lipinski definition) is 2. The molecule has 0 fully saturated rings. The number of halogens is 1. The Morgan fingerprint density at radius 3 is 3.14 bits per heavy atom. The van der Waals surface area contributed by atoms with E-state index in [0.29, 0.717) is 5.15 Å². The van der Waals surface area contributed by atoms with E-state index in [4.69, 9.17) is 16.6 Å². The molecule has 0 saturated carbocycles. The highest BCUT2D eigenvalue weighted by molar-refractivity contribution is 6.29. The van der Waals surface area contributed by atoms with Gasteiger partial charge in [0.2, 0.25) is 0 Å².